The highest BCUT2D eigenvalue weighted by molar-refractivity contribution is 5.93. The molecule has 4 nitrogen and oxygen atoms in total. The summed E-state index contributed by atoms with van der Waals surface area (Å²) in [6, 6.07) is 0. The van der Waals surface area contributed by atoms with Crippen molar-refractivity contribution < 1.29 is 27.8 Å². The van der Waals surface area contributed by atoms with E-state index in [0.717, 1.165) is 0 Å². The molecule has 0 aromatic carbocycles. The van der Waals surface area contributed by atoms with Crippen LogP contribution in [0.2, 0.25) is 0 Å². The van der Waals surface area contributed by atoms with Gasteiger partial charge in [0.05, 0.1) is 0 Å². The molecule has 0 spiro atoms. The lowest BCUT2D eigenvalue weighted by atomic mass is 9.82. The number of rotatable bonds is 0. The van der Waals surface area contributed by atoms with Crippen LogP contribution in [0.5, 0.6) is 0 Å². The van der Waals surface area contributed by atoms with Gasteiger partial charge in [-0.3, -0.25) is 4.79 Å². The summed E-state index contributed by atoms with van der Waals surface area (Å²) in [4.78, 5) is 11.5. The monoisotopic (exact) mass is 248 g/mol. The molecule has 2 aliphatic heterocycles. The Labute approximate surface area is 97.2 Å². The van der Waals surface area contributed by atoms with E-state index in [1.165, 1.54) is 0 Å². The number of alkyl halides is 2. The van der Waals surface area contributed by atoms with Crippen molar-refractivity contribution in [1.29, 1.82) is 0 Å². The number of halogens is 2. The number of ketones is 1. The second-order valence-electron chi connectivity index (χ2n) is 5.69. The van der Waals surface area contributed by atoms with Crippen molar-refractivity contribution >= 4 is 5.78 Å². The van der Waals surface area contributed by atoms with Crippen molar-refractivity contribution in [2.75, 3.05) is 0 Å². The maximum absolute atomic E-state index is 13.4. The van der Waals surface area contributed by atoms with Gasteiger partial charge in [-0.25, -0.2) is 0 Å². The molecule has 3 rings (SSSR count). The largest absolute Gasteiger partial charge is 0.341 e. The van der Waals surface area contributed by atoms with Gasteiger partial charge in [-0.2, -0.15) is 8.78 Å². The van der Waals surface area contributed by atoms with Crippen molar-refractivity contribution in [2.45, 2.75) is 57.4 Å². The highest BCUT2D eigenvalue weighted by Gasteiger charge is 2.72. The van der Waals surface area contributed by atoms with Crippen molar-refractivity contribution in [2.24, 2.45) is 5.41 Å². The van der Waals surface area contributed by atoms with Gasteiger partial charge in [0.2, 0.25) is 5.78 Å². The lowest BCUT2D eigenvalue weighted by Crippen LogP contribution is -2.37. The molecule has 1 aliphatic carbocycles. The van der Waals surface area contributed by atoms with Gasteiger partial charge in [0.15, 0.2) is 12.1 Å². The molecule has 0 radical (unpaired) electrons. The Kier molecular flexibility index (Phi) is 1.94. The van der Waals surface area contributed by atoms with Crippen LogP contribution in [0.1, 0.15) is 27.2 Å². The fourth-order valence-corrected chi connectivity index (χ4v) is 3.03. The number of Topliss-reactive ketones (excluding diaryl/α,β-unsaturated/α-hetero) is 1. The van der Waals surface area contributed by atoms with Crippen LogP contribution in [-0.2, 0) is 19.0 Å². The molecule has 0 unspecified atom stereocenters. The molecule has 0 amide bonds. The van der Waals surface area contributed by atoms with Crippen LogP contribution in [-0.4, -0.2) is 36.0 Å². The zero-order valence-corrected chi connectivity index (χ0v) is 9.83. The zero-order chi connectivity index (χ0) is 12.6. The van der Waals surface area contributed by atoms with Crippen LogP contribution in [0, 0.1) is 5.41 Å². The van der Waals surface area contributed by atoms with E-state index in [4.69, 9.17) is 14.2 Å². The summed E-state index contributed by atoms with van der Waals surface area (Å²) in [5.74, 6) is -5.33. The second-order valence-corrected chi connectivity index (χ2v) is 5.69. The number of hydrogen-bond donors (Lipinski definition) is 0. The standard InChI is InChI=1S/C11H14F2O4/c1-9(2)16-7-8(17-9)15-6-5(14)11(12,13)4-10(6,7)3/h6-8H,4H2,1-3H3/t6-,7+,8-,10+/m1/s1. The molecule has 0 bridgehead atoms. The number of hydrogen-bond acceptors (Lipinski definition) is 4. The van der Waals surface area contributed by atoms with E-state index in [1.54, 1.807) is 20.8 Å². The minimum Gasteiger partial charge on any atom is -0.341 e. The van der Waals surface area contributed by atoms with Crippen molar-refractivity contribution in [3.05, 3.63) is 0 Å². The van der Waals surface area contributed by atoms with Gasteiger partial charge >= 0.3 is 5.92 Å². The summed E-state index contributed by atoms with van der Waals surface area (Å²) in [6.45, 7) is 5.00. The van der Waals surface area contributed by atoms with Gasteiger partial charge in [0.25, 0.3) is 0 Å². The van der Waals surface area contributed by atoms with Crippen molar-refractivity contribution in [3.63, 3.8) is 0 Å². The first-order chi connectivity index (χ1) is 7.66. The average Bonchev–Trinajstić information content (AvgIpc) is 2.63. The summed E-state index contributed by atoms with van der Waals surface area (Å²) >= 11 is 0. The molecule has 0 N–H and O–H groups in total. The molecular weight excluding hydrogens is 234 g/mol. The average molecular weight is 248 g/mol. The van der Waals surface area contributed by atoms with E-state index < -0.39 is 47.8 Å². The quantitative estimate of drug-likeness (QED) is 0.651. The Hall–Kier alpha value is -0.590. The van der Waals surface area contributed by atoms with Crippen LogP contribution in [0.3, 0.4) is 0 Å². The van der Waals surface area contributed by atoms with E-state index >= 15 is 0 Å². The Morgan fingerprint density at radius 1 is 1.24 bits per heavy atom. The Balaban J connectivity index is 1.95. The van der Waals surface area contributed by atoms with Gasteiger partial charge in [-0.1, -0.05) is 6.92 Å². The third kappa shape index (κ3) is 1.34. The van der Waals surface area contributed by atoms with E-state index in [2.05, 4.69) is 0 Å². The third-order valence-corrected chi connectivity index (χ3v) is 3.78. The predicted molar refractivity (Wildman–Crippen MR) is 51.4 cm³/mol. The first-order valence-electron chi connectivity index (χ1n) is 5.59. The van der Waals surface area contributed by atoms with Gasteiger partial charge in [0.1, 0.15) is 12.2 Å². The van der Waals surface area contributed by atoms with E-state index in [0.29, 0.717) is 0 Å². The minimum absolute atomic E-state index is 0.538. The minimum atomic E-state index is -3.32. The third-order valence-electron chi connectivity index (χ3n) is 3.78. The molecule has 3 fully saturated rings. The molecule has 0 aromatic rings. The molecule has 96 valence electrons. The maximum atomic E-state index is 13.4. The second kappa shape index (κ2) is 2.87. The Morgan fingerprint density at radius 2 is 1.88 bits per heavy atom. The van der Waals surface area contributed by atoms with Crippen molar-refractivity contribution in [1.82, 2.24) is 0 Å². The van der Waals surface area contributed by atoms with E-state index in [9.17, 15) is 13.6 Å². The molecule has 2 saturated heterocycles. The molecule has 6 heteroatoms. The maximum Gasteiger partial charge on any atom is 0.308 e. The lowest BCUT2D eigenvalue weighted by Gasteiger charge is -2.28. The summed E-state index contributed by atoms with van der Waals surface area (Å²) in [7, 11) is 0. The molecular formula is C11H14F2O4. The Bertz CT molecular complexity index is 395. The Morgan fingerprint density at radius 3 is 2.53 bits per heavy atom. The number of carbonyl (C=O) groups is 1. The molecule has 1 saturated carbocycles. The number of carbonyl (C=O) groups excluding carboxylic acids is 1. The highest BCUT2D eigenvalue weighted by atomic mass is 19.3. The molecule has 3 aliphatic rings. The fraction of sp³-hybridized carbons (Fsp3) is 0.909. The van der Waals surface area contributed by atoms with Gasteiger partial charge in [-0.05, 0) is 13.8 Å². The number of fused-ring (bicyclic) bond motifs is 3. The number of ether oxygens (including phenoxy) is 3. The highest BCUT2D eigenvalue weighted by Crippen LogP contribution is 2.57. The smallest absolute Gasteiger partial charge is 0.308 e. The SMILES string of the molecule is CC1(C)O[C@H]2O[C@@H]3C(=O)C(F)(F)C[C@]3(C)[C@H]2O1. The molecule has 17 heavy (non-hydrogen) atoms. The summed E-state index contributed by atoms with van der Waals surface area (Å²) in [5.41, 5.74) is -1.00. The summed E-state index contributed by atoms with van der Waals surface area (Å²) in [6.07, 6.45) is -2.99. The topological polar surface area (TPSA) is 44.8 Å². The molecule has 4 atom stereocenters. The van der Waals surface area contributed by atoms with E-state index in [1.807, 2.05) is 0 Å². The first-order valence-corrected chi connectivity index (χ1v) is 5.59. The van der Waals surface area contributed by atoms with Crippen molar-refractivity contribution in [3.8, 4) is 0 Å². The summed E-state index contributed by atoms with van der Waals surface area (Å²) < 4.78 is 43.2. The zero-order valence-electron chi connectivity index (χ0n) is 9.83. The van der Waals surface area contributed by atoms with Gasteiger partial charge in [-0.15, -0.1) is 0 Å². The first kappa shape index (κ1) is 11.5. The van der Waals surface area contributed by atoms with Crippen LogP contribution in [0.25, 0.3) is 0 Å². The van der Waals surface area contributed by atoms with Crippen LogP contribution in [0.4, 0.5) is 8.78 Å². The van der Waals surface area contributed by atoms with Crippen LogP contribution >= 0.6 is 0 Å². The lowest BCUT2D eigenvalue weighted by molar-refractivity contribution is -0.213. The van der Waals surface area contributed by atoms with Gasteiger partial charge in [0, 0.05) is 11.8 Å². The van der Waals surface area contributed by atoms with Gasteiger partial charge < -0.3 is 14.2 Å². The molecule has 0 aromatic heterocycles. The predicted octanol–water partition coefficient (Wildman–Crippen LogP) is 1.48. The fourth-order valence-electron chi connectivity index (χ4n) is 3.03. The summed E-state index contributed by atoms with van der Waals surface area (Å²) in [5, 5.41) is 0. The normalized spacial score (nSPS) is 50.4. The molecule has 2 heterocycles. The van der Waals surface area contributed by atoms with Crippen LogP contribution < -0.4 is 0 Å². The van der Waals surface area contributed by atoms with Crippen LogP contribution in [0.15, 0.2) is 0 Å². The van der Waals surface area contributed by atoms with E-state index in [-0.39, 0.29) is 0 Å².